The Morgan fingerprint density at radius 3 is 2.29 bits per heavy atom. The molecule has 0 saturated heterocycles. The molecule has 0 bridgehead atoms. The van der Waals surface area contributed by atoms with Crippen molar-refractivity contribution in [3.05, 3.63) is 23.3 Å². The van der Waals surface area contributed by atoms with Gasteiger partial charge >= 0.3 is 0 Å². The molecule has 76 valence electrons. The molecule has 0 atom stereocenters. The minimum atomic E-state index is -0.0200. The van der Waals surface area contributed by atoms with Gasteiger partial charge in [-0.15, -0.1) is 0 Å². The predicted molar refractivity (Wildman–Crippen MR) is 53.8 cm³/mol. The molecule has 0 amide bonds. The fourth-order valence-corrected chi connectivity index (χ4v) is 1.18. The van der Waals surface area contributed by atoms with Crippen LogP contribution in [0.4, 0.5) is 0 Å². The summed E-state index contributed by atoms with van der Waals surface area (Å²) < 4.78 is 5.22. The van der Waals surface area contributed by atoms with Crippen LogP contribution in [0.3, 0.4) is 0 Å². The lowest BCUT2D eigenvalue weighted by molar-refractivity contribution is -0.118. The van der Waals surface area contributed by atoms with E-state index < -0.39 is 0 Å². The maximum absolute atomic E-state index is 10.7. The van der Waals surface area contributed by atoms with E-state index in [1.807, 2.05) is 0 Å². The van der Waals surface area contributed by atoms with Crippen molar-refractivity contribution in [1.82, 2.24) is 0 Å². The number of phenols is 1. The molecule has 3 heteroatoms. The molecule has 3 nitrogen and oxygen atoms in total. The molecule has 0 fully saturated rings. The molecular formula is C11H14O3. The van der Waals surface area contributed by atoms with E-state index in [0.717, 1.165) is 11.1 Å². The number of hydrogen-bond acceptors (Lipinski definition) is 3. The Labute approximate surface area is 83.3 Å². The number of carbonyl (C=O) groups is 1. The van der Waals surface area contributed by atoms with E-state index in [9.17, 15) is 9.90 Å². The molecule has 1 N–H and O–H groups in total. The Bertz CT molecular complexity index is 333. The van der Waals surface area contributed by atoms with Crippen molar-refractivity contribution in [2.24, 2.45) is 0 Å². The monoisotopic (exact) mass is 194 g/mol. The van der Waals surface area contributed by atoms with Crippen LogP contribution in [0.25, 0.3) is 0 Å². The molecule has 0 unspecified atom stereocenters. The van der Waals surface area contributed by atoms with Crippen LogP contribution in [0.15, 0.2) is 12.1 Å². The van der Waals surface area contributed by atoms with Gasteiger partial charge in [-0.3, -0.25) is 4.79 Å². The van der Waals surface area contributed by atoms with Crippen molar-refractivity contribution in [2.75, 3.05) is 6.61 Å². The van der Waals surface area contributed by atoms with E-state index >= 15 is 0 Å². The Kier molecular flexibility index (Phi) is 3.12. The van der Waals surface area contributed by atoms with Gasteiger partial charge in [0.1, 0.15) is 18.1 Å². The Hall–Kier alpha value is -1.51. The molecular weight excluding hydrogens is 180 g/mol. The third kappa shape index (κ3) is 2.49. The maximum Gasteiger partial charge on any atom is 0.167 e. The van der Waals surface area contributed by atoms with Crippen LogP contribution in [0, 0.1) is 13.8 Å². The highest BCUT2D eigenvalue weighted by molar-refractivity contribution is 5.77. The van der Waals surface area contributed by atoms with E-state index in [0.29, 0.717) is 5.75 Å². The Morgan fingerprint density at radius 2 is 1.86 bits per heavy atom. The van der Waals surface area contributed by atoms with Crippen molar-refractivity contribution in [2.45, 2.75) is 20.8 Å². The first-order valence-corrected chi connectivity index (χ1v) is 4.43. The fraction of sp³-hybridized carbons (Fsp3) is 0.364. The zero-order valence-electron chi connectivity index (χ0n) is 8.63. The van der Waals surface area contributed by atoms with Crippen LogP contribution in [-0.4, -0.2) is 17.5 Å². The van der Waals surface area contributed by atoms with Gasteiger partial charge in [0, 0.05) is 0 Å². The highest BCUT2D eigenvalue weighted by Crippen LogP contribution is 2.26. The first-order chi connectivity index (χ1) is 6.50. The summed E-state index contributed by atoms with van der Waals surface area (Å²) in [6, 6.07) is 3.43. The summed E-state index contributed by atoms with van der Waals surface area (Å²) in [7, 11) is 0. The summed E-state index contributed by atoms with van der Waals surface area (Å²) >= 11 is 0. The first-order valence-electron chi connectivity index (χ1n) is 4.43. The lowest BCUT2D eigenvalue weighted by atomic mass is 10.1. The molecule has 0 spiro atoms. The smallest absolute Gasteiger partial charge is 0.167 e. The van der Waals surface area contributed by atoms with Gasteiger partial charge < -0.3 is 9.84 Å². The minimum Gasteiger partial charge on any atom is -0.507 e. The molecule has 0 aliphatic rings. The van der Waals surface area contributed by atoms with Gasteiger partial charge in [-0.05, 0) is 44.0 Å². The standard InChI is InChI=1S/C11H14O3/c1-7-4-10(14-6-9(3)12)5-8(2)11(7)13/h4-5,13H,6H2,1-3H3. The predicted octanol–water partition coefficient (Wildman–Crippen LogP) is 1.98. The van der Waals surface area contributed by atoms with Gasteiger partial charge in [0.15, 0.2) is 5.78 Å². The summed E-state index contributed by atoms with van der Waals surface area (Å²) in [5.41, 5.74) is 1.51. The van der Waals surface area contributed by atoms with Crippen molar-refractivity contribution >= 4 is 5.78 Å². The van der Waals surface area contributed by atoms with Crippen molar-refractivity contribution < 1.29 is 14.6 Å². The molecule has 0 aliphatic heterocycles. The van der Waals surface area contributed by atoms with E-state index in [1.165, 1.54) is 6.92 Å². The highest BCUT2D eigenvalue weighted by atomic mass is 16.5. The van der Waals surface area contributed by atoms with E-state index in [2.05, 4.69) is 0 Å². The van der Waals surface area contributed by atoms with Crippen LogP contribution in [-0.2, 0) is 4.79 Å². The number of ether oxygens (including phenoxy) is 1. The number of rotatable bonds is 3. The molecule has 0 radical (unpaired) electrons. The van der Waals surface area contributed by atoms with Crippen molar-refractivity contribution in [3.8, 4) is 11.5 Å². The number of benzene rings is 1. The SMILES string of the molecule is CC(=O)COc1cc(C)c(O)c(C)c1. The zero-order chi connectivity index (χ0) is 10.7. The molecule has 0 heterocycles. The average Bonchev–Trinajstić information content (AvgIpc) is 2.10. The topological polar surface area (TPSA) is 46.5 Å². The second kappa shape index (κ2) is 4.13. The van der Waals surface area contributed by atoms with Gasteiger partial charge in [-0.2, -0.15) is 0 Å². The average molecular weight is 194 g/mol. The summed E-state index contributed by atoms with van der Waals surface area (Å²) in [5, 5.41) is 9.49. The zero-order valence-corrected chi connectivity index (χ0v) is 8.63. The second-order valence-corrected chi connectivity index (χ2v) is 3.40. The second-order valence-electron chi connectivity index (χ2n) is 3.40. The first kappa shape index (κ1) is 10.6. The van der Waals surface area contributed by atoms with E-state index in [-0.39, 0.29) is 18.1 Å². The molecule has 1 aromatic carbocycles. The minimum absolute atomic E-state index is 0.0200. The summed E-state index contributed by atoms with van der Waals surface area (Å²) in [6.45, 7) is 5.13. The molecule has 14 heavy (non-hydrogen) atoms. The van der Waals surface area contributed by atoms with Gasteiger partial charge in [0.25, 0.3) is 0 Å². The van der Waals surface area contributed by atoms with Crippen LogP contribution in [0.5, 0.6) is 11.5 Å². The lowest BCUT2D eigenvalue weighted by Crippen LogP contribution is -2.06. The Morgan fingerprint density at radius 1 is 1.36 bits per heavy atom. The number of aromatic hydroxyl groups is 1. The molecule has 1 aromatic rings. The van der Waals surface area contributed by atoms with Gasteiger partial charge in [-0.1, -0.05) is 0 Å². The summed E-state index contributed by atoms with van der Waals surface area (Å²) in [5.74, 6) is 0.876. The van der Waals surface area contributed by atoms with Crippen molar-refractivity contribution in [1.29, 1.82) is 0 Å². The normalized spacial score (nSPS) is 9.93. The van der Waals surface area contributed by atoms with Crippen LogP contribution in [0.1, 0.15) is 18.1 Å². The fourth-order valence-electron chi connectivity index (χ4n) is 1.18. The lowest BCUT2D eigenvalue weighted by Gasteiger charge is -2.08. The number of ketones is 1. The molecule has 1 rings (SSSR count). The number of Topliss-reactive ketones (excluding diaryl/α,β-unsaturated/α-hetero) is 1. The number of aryl methyl sites for hydroxylation is 2. The maximum atomic E-state index is 10.7. The van der Waals surface area contributed by atoms with E-state index in [1.54, 1.807) is 26.0 Å². The van der Waals surface area contributed by atoms with Gasteiger partial charge in [0.2, 0.25) is 0 Å². The molecule has 0 aromatic heterocycles. The third-order valence-corrected chi connectivity index (χ3v) is 1.91. The van der Waals surface area contributed by atoms with Gasteiger partial charge in [-0.25, -0.2) is 0 Å². The third-order valence-electron chi connectivity index (χ3n) is 1.91. The van der Waals surface area contributed by atoms with Crippen LogP contribution in [0.2, 0.25) is 0 Å². The largest absolute Gasteiger partial charge is 0.507 e. The Balaban J connectivity index is 2.84. The summed E-state index contributed by atoms with van der Waals surface area (Å²) in [4.78, 5) is 10.7. The number of hydrogen-bond donors (Lipinski definition) is 1. The van der Waals surface area contributed by atoms with Gasteiger partial charge in [0.05, 0.1) is 0 Å². The van der Waals surface area contributed by atoms with Crippen molar-refractivity contribution in [3.63, 3.8) is 0 Å². The molecule has 0 saturated carbocycles. The van der Waals surface area contributed by atoms with Crippen LogP contribution < -0.4 is 4.74 Å². The summed E-state index contributed by atoms with van der Waals surface area (Å²) in [6.07, 6.45) is 0. The number of phenolic OH excluding ortho intramolecular Hbond substituents is 1. The van der Waals surface area contributed by atoms with Crippen LogP contribution >= 0.6 is 0 Å². The molecule has 0 aliphatic carbocycles. The number of carbonyl (C=O) groups excluding carboxylic acids is 1. The quantitative estimate of drug-likeness (QED) is 0.800. The van der Waals surface area contributed by atoms with E-state index in [4.69, 9.17) is 4.74 Å². The highest BCUT2D eigenvalue weighted by Gasteiger charge is 2.04.